The van der Waals surface area contributed by atoms with Gasteiger partial charge in [-0.1, -0.05) is 0 Å². The molecule has 2 N–H and O–H groups in total. The lowest BCUT2D eigenvalue weighted by atomic mass is 10.1. The predicted octanol–water partition coefficient (Wildman–Crippen LogP) is 0.358. The van der Waals surface area contributed by atoms with Crippen molar-refractivity contribution in [1.82, 2.24) is 14.1 Å². The summed E-state index contributed by atoms with van der Waals surface area (Å²) >= 11 is 0. The van der Waals surface area contributed by atoms with E-state index >= 15 is 0 Å². The Morgan fingerprint density at radius 1 is 1.21 bits per heavy atom. The molecule has 0 spiro atoms. The number of carboxylic acids is 1. The number of hydrogen-bond donors (Lipinski definition) is 2. The van der Waals surface area contributed by atoms with Crippen LogP contribution in [0.1, 0.15) is 12.8 Å². The van der Waals surface area contributed by atoms with Gasteiger partial charge >= 0.3 is 11.7 Å². The van der Waals surface area contributed by atoms with Gasteiger partial charge in [-0.25, -0.2) is 4.79 Å². The first-order valence-corrected chi connectivity index (χ1v) is 7.37. The smallest absolute Gasteiger partial charge is 0.329 e. The van der Waals surface area contributed by atoms with Gasteiger partial charge in [-0.3, -0.25) is 23.9 Å². The number of hydrogen-bond acceptors (Lipinski definition) is 4. The number of fused-ring (bicyclic) bond motifs is 2. The number of benzene rings is 1. The molecule has 1 aromatic rings. The number of H-pyrrole nitrogens is 1. The fraction of sp³-hybridized carbons (Fsp3) is 0.250. The molecule has 1 aliphatic heterocycles. The summed E-state index contributed by atoms with van der Waals surface area (Å²) in [5, 5.41) is 9.12. The molecule has 0 aromatic carbocycles. The van der Waals surface area contributed by atoms with E-state index < -0.39 is 17.2 Å². The molecule has 0 unspecified atom stereocenters. The lowest BCUT2D eigenvalue weighted by molar-refractivity contribution is -0.137. The van der Waals surface area contributed by atoms with Crippen molar-refractivity contribution in [1.29, 1.82) is 0 Å². The van der Waals surface area contributed by atoms with Crippen molar-refractivity contribution in [2.45, 2.75) is 19.4 Å². The van der Waals surface area contributed by atoms with Gasteiger partial charge in [0.15, 0.2) is 5.43 Å². The van der Waals surface area contributed by atoms with Gasteiger partial charge in [0.2, 0.25) is 0 Å². The van der Waals surface area contributed by atoms with E-state index in [4.69, 9.17) is 5.11 Å². The van der Waals surface area contributed by atoms with E-state index in [1.54, 1.807) is 16.7 Å². The quantitative estimate of drug-likeness (QED) is 0.671. The van der Waals surface area contributed by atoms with Crippen LogP contribution in [-0.2, 0) is 18.4 Å². The minimum absolute atomic E-state index is 0.0585. The average Bonchev–Trinajstić information content (AvgIpc) is 2.53. The van der Waals surface area contributed by atoms with Crippen LogP contribution >= 0.6 is 0 Å². The van der Waals surface area contributed by atoms with Crippen molar-refractivity contribution in [3.8, 4) is 11.3 Å². The number of pyridine rings is 1. The van der Waals surface area contributed by atoms with Crippen LogP contribution in [0.15, 0.2) is 38.6 Å². The van der Waals surface area contributed by atoms with Gasteiger partial charge in [0.25, 0.3) is 5.56 Å². The number of carbonyl (C=O) groups is 1. The van der Waals surface area contributed by atoms with E-state index in [0.29, 0.717) is 23.1 Å². The lowest BCUT2D eigenvalue weighted by Crippen LogP contribution is -2.33. The Morgan fingerprint density at radius 2 is 1.96 bits per heavy atom. The molecular formula is C16H15N3O5. The van der Waals surface area contributed by atoms with E-state index in [1.807, 2.05) is 0 Å². The first-order chi connectivity index (χ1) is 11.4. The van der Waals surface area contributed by atoms with Crippen LogP contribution in [0.4, 0.5) is 0 Å². The Bertz CT molecular complexity index is 1090. The molecule has 2 heterocycles. The van der Waals surface area contributed by atoms with Gasteiger partial charge in [-0.2, -0.15) is 0 Å². The standard InChI is InChI=1S/C16H15N3O5/c1-18-15(23)11-7-9-4-5-10(20)8-12(9)19(6-2-3-13(21)22)14(11)17-16(18)24/h4-5,7-8H,2-3,6H2,1H3,(H,17,24)(H,21,22). The molecule has 0 saturated carbocycles. The highest BCUT2D eigenvalue weighted by Gasteiger charge is 2.15. The summed E-state index contributed by atoms with van der Waals surface area (Å²) < 4.78 is 2.59. The number of rotatable bonds is 4. The number of aromatic amines is 1. The highest BCUT2D eigenvalue weighted by Crippen LogP contribution is 2.24. The summed E-state index contributed by atoms with van der Waals surface area (Å²) in [6, 6.07) is 6.03. The number of aryl methyl sites for hydroxylation is 1. The molecule has 0 bridgehead atoms. The Morgan fingerprint density at radius 3 is 2.67 bits per heavy atom. The maximum atomic E-state index is 12.4. The van der Waals surface area contributed by atoms with Crippen molar-refractivity contribution in [2.75, 3.05) is 0 Å². The molecular weight excluding hydrogens is 314 g/mol. The van der Waals surface area contributed by atoms with Crippen molar-refractivity contribution >= 4 is 17.0 Å². The molecule has 0 amide bonds. The lowest BCUT2D eigenvalue weighted by Gasteiger charge is -2.18. The maximum Gasteiger partial charge on any atom is 0.329 e. The second-order valence-corrected chi connectivity index (χ2v) is 5.57. The summed E-state index contributed by atoms with van der Waals surface area (Å²) in [4.78, 5) is 49.4. The third kappa shape index (κ3) is 2.62. The second kappa shape index (κ2) is 5.80. The molecule has 8 heteroatoms. The molecule has 1 aromatic heterocycles. The summed E-state index contributed by atoms with van der Waals surface area (Å²) in [6.07, 6.45) is 0.242. The van der Waals surface area contributed by atoms with Crippen LogP contribution in [0.3, 0.4) is 0 Å². The summed E-state index contributed by atoms with van der Waals surface area (Å²) in [5.41, 5.74) is 0.267. The predicted molar refractivity (Wildman–Crippen MR) is 87.6 cm³/mol. The highest BCUT2D eigenvalue weighted by atomic mass is 16.4. The Labute approximate surface area is 134 Å². The number of aliphatic carboxylic acids is 1. The van der Waals surface area contributed by atoms with Gasteiger partial charge in [0, 0.05) is 26.1 Å². The molecule has 1 aliphatic carbocycles. The van der Waals surface area contributed by atoms with Gasteiger partial charge in [-0.05, 0) is 30.2 Å². The topological polar surface area (TPSA) is 114 Å². The fourth-order valence-electron chi connectivity index (χ4n) is 2.75. The number of nitrogens with zero attached hydrogens (tertiary/aromatic N) is 2. The SMILES string of the molecule is Cn1c(=O)[nH]c2c(cc3ccc(=O)cc-3n2CCCC(=O)O)c1=O. The summed E-state index contributed by atoms with van der Waals surface area (Å²) in [7, 11) is 1.38. The van der Waals surface area contributed by atoms with E-state index in [-0.39, 0.29) is 24.0 Å². The minimum atomic E-state index is -0.936. The monoisotopic (exact) mass is 329 g/mol. The van der Waals surface area contributed by atoms with Crippen LogP contribution in [0, 0.1) is 0 Å². The van der Waals surface area contributed by atoms with Crippen molar-refractivity contribution in [3.63, 3.8) is 0 Å². The first kappa shape index (κ1) is 15.7. The molecule has 0 atom stereocenters. The van der Waals surface area contributed by atoms with Gasteiger partial charge in [0.1, 0.15) is 5.65 Å². The number of carboxylic acid groups (broad SMARTS) is 1. The first-order valence-electron chi connectivity index (χ1n) is 7.37. The third-order valence-corrected chi connectivity index (χ3v) is 3.95. The maximum absolute atomic E-state index is 12.4. The molecule has 0 saturated heterocycles. The molecule has 3 rings (SSSR count). The largest absolute Gasteiger partial charge is 0.481 e. The van der Waals surface area contributed by atoms with Gasteiger partial charge in [0.05, 0.1) is 11.1 Å². The van der Waals surface area contributed by atoms with E-state index in [1.165, 1.54) is 19.2 Å². The van der Waals surface area contributed by atoms with Gasteiger partial charge in [-0.15, -0.1) is 0 Å². The molecule has 2 aliphatic rings. The summed E-state index contributed by atoms with van der Waals surface area (Å²) in [5.74, 6) is -0.936. The van der Waals surface area contributed by atoms with Crippen molar-refractivity contribution < 1.29 is 9.90 Å². The fourth-order valence-corrected chi connectivity index (χ4v) is 2.75. The van der Waals surface area contributed by atoms with Crippen LogP contribution in [0.2, 0.25) is 0 Å². The number of nitrogens with one attached hydrogen (secondary N) is 1. The van der Waals surface area contributed by atoms with Crippen molar-refractivity contribution in [3.05, 3.63) is 55.3 Å². The van der Waals surface area contributed by atoms with Crippen LogP contribution in [0.25, 0.3) is 22.3 Å². The Hall–Kier alpha value is -3.16. The molecule has 0 radical (unpaired) electrons. The minimum Gasteiger partial charge on any atom is -0.481 e. The van der Waals surface area contributed by atoms with Crippen LogP contribution < -0.4 is 16.7 Å². The normalized spacial score (nSPS) is 11.2. The molecule has 0 fully saturated rings. The Balaban J connectivity index is 2.36. The van der Waals surface area contributed by atoms with Crippen LogP contribution in [0.5, 0.6) is 0 Å². The molecule has 24 heavy (non-hydrogen) atoms. The molecule has 8 nitrogen and oxygen atoms in total. The van der Waals surface area contributed by atoms with E-state index in [0.717, 1.165) is 4.57 Å². The zero-order valence-electron chi connectivity index (χ0n) is 12.9. The summed E-state index contributed by atoms with van der Waals surface area (Å²) in [6.45, 7) is 0.257. The average molecular weight is 329 g/mol. The zero-order chi connectivity index (χ0) is 17.4. The molecule has 124 valence electrons. The van der Waals surface area contributed by atoms with E-state index in [9.17, 15) is 19.2 Å². The zero-order valence-corrected chi connectivity index (χ0v) is 12.9. The van der Waals surface area contributed by atoms with Crippen molar-refractivity contribution in [2.24, 2.45) is 7.05 Å². The second-order valence-electron chi connectivity index (χ2n) is 5.57. The van der Waals surface area contributed by atoms with Crippen LogP contribution in [-0.4, -0.2) is 25.2 Å². The van der Waals surface area contributed by atoms with E-state index in [2.05, 4.69) is 4.98 Å². The third-order valence-electron chi connectivity index (χ3n) is 3.95. The Kier molecular flexibility index (Phi) is 3.80. The number of aromatic nitrogens is 3. The highest BCUT2D eigenvalue weighted by molar-refractivity contribution is 5.83. The van der Waals surface area contributed by atoms with Gasteiger partial charge < -0.3 is 9.67 Å².